The lowest BCUT2D eigenvalue weighted by molar-refractivity contribution is -0.124. The Bertz CT molecular complexity index is 880. The molecule has 29 heavy (non-hydrogen) atoms. The maximum atomic E-state index is 12.6. The van der Waals surface area contributed by atoms with Gasteiger partial charge in [0.25, 0.3) is 0 Å². The molecule has 1 amide bonds. The Hall–Kier alpha value is -1.83. The molecule has 2 aromatic rings. The number of hydrogen-bond acceptors (Lipinski definition) is 4. The fourth-order valence-electron chi connectivity index (χ4n) is 2.89. The number of amides is 1. The van der Waals surface area contributed by atoms with Gasteiger partial charge in [0.1, 0.15) is 0 Å². The van der Waals surface area contributed by atoms with E-state index in [1.54, 1.807) is 36.0 Å². The van der Waals surface area contributed by atoms with Crippen LogP contribution in [0.2, 0.25) is 0 Å². The molecule has 0 saturated carbocycles. The molecule has 0 fully saturated rings. The summed E-state index contributed by atoms with van der Waals surface area (Å²) >= 11 is 1.66. The topological polar surface area (TPSA) is 66.5 Å². The van der Waals surface area contributed by atoms with Crippen molar-refractivity contribution in [2.45, 2.75) is 43.5 Å². The molecule has 0 aromatic heterocycles. The van der Waals surface area contributed by atoms with E-state index in [-0.39, 0.29) is 22.8 Å². The summed E-state index contributed by atoms with van der Waals surface area (Å²) in [4.78, 5) is 13.9. The van der Waals surface area contributed by atoms with Gasteiger partial charge in [-0.15, -0.1) is 11.8 Å². The van der Waals surface area contributed by atoms with Gasteiger partial charge in [0.05, 0.1) is 10.9 Å². The first kappa shape index (κ1) is 23.4. The molecular formula is C22H30N2O3S2. The number of rotatable bonds is 10. The Morgan fingerprint density at radius 3 is 2.14 bits per heavy atom. The summed E-state index contributed by atoms with van der Waals surface area (Å²) in [7, 11) is -3.47. The molecule has 2 unspecified atom stereocenters. The van der Waals surface area contributed by atoms with Gasteiger partial charge in [-0.05, 0) is 36.8 Å². The number of nitrogens with zero attached hydrogens (tertiary/aromatic N) is 1. The van der Waals surface area contributed by atoms with E-state index in [9.17, 15) is 13.2 Å². The largest absolute Gasteiger partial charge is 0.349 e. The van der Waals surface area contributed by atoms with Crippen LogP contribution in [0.3, 0.4) is 0 Å². The van der Waals surface area contributed by atoms with Gasteiger partial charge in [-0.25, -0.2) is 8.42 Å². The van der Waals surface area contributed by atoms with Crippen molar-refractivity contribution in [3.8, 4) is 0 Å². The van der Waals surface area contributed by atoms with Crippen molar-refractivity contribution < 1.29 is 13.2 Å². The quantitative estimate of drug-likeness (QED) is 0.566. The molecular weight excluding hydrogens is 404 g/mol. The number of carbonyl (C=O) groups is 1. The number of carbonyl (C=O) groups excluding carboxylic acids is 1. The van der Waals surface area contributed by atoms with Crippen LogP contribution in [0, 0.1) is 5.92 Å². The van der Waals surface area contributed by atoms with Gasteiger partial charge < -0.3 is 5.32 Å². The molecule has 7 heteroatoms. The molecule has 0 aliphatic carbocycles. The number of nitrogens with one attached hydrogen (secondary N) is 1. The van der Waals surface area contributed by atoms with E-state index in [0.717, 1.165) is 10.5 Å². The predicted molar refractivity (Wildman–Crippen MR) is 119 cm³/mol. The third-order valence-electron chi connectivity index (χ3n) is 4.77. The van der Waals surface area contributed by atoms with Crippen LogP contribution in [0.5, 0.6) is 0 Å². The predicted octanol–water partition coefficient (Wildman–Crippen LogP) is 4.32. The first-order valence-corrected chi connectivity index (χ1v) is 12.3. The highest BCUT2D eigenvalue weighted by atomic mass is 32.2. The molecule has 0 saturated heterocycles. The zero-order valence-electron chi connectivity index (χ0n) is 17.5. The Morgan fingerprint density at radius 1 is 1.00 bits per heavy atom. The van der Waals surface area contributed by atoms with Crippen LogP contribution in [0.25, 0.3) is 0 Å². The van der Waals surface area contributed by atoms with Gasteiger partial charge in [0.2, 0.25) is 15.9 Å². The lowest BCUT2D eigenvalue weighted by atomic mass is 10.1. The highest BCUT2D eigenvalue weighted by molar-refractivity contribution is 7.99. The highest BCUT2D eigenvalue weighted by Gasteiger charge is 2.22. The van der Waals surface area contributed by atoms with Crippen molar-refractivity contribution in [2.24, 2.45) is 5.92 Å². The number of thioether (sulfide) groups is 1. The minimum atomic E-state index is -3.47. The molecule has 0 aliphatic rings. The molecule has 0 spiro atoms. The van der Waals surface area contributed by atoms with E-state index in [2.05, 4.69) is 5.32 Å². The molecule has 2 aromatic carbocycles. The van der Waals surface area contributed by atoms with E-state index >= 15 is 0 Å². The molecule has 0 bridgehead atoms. The number of benzene rings is 2. The van der Waals surface area contributed by atoms with Gasteiger partial charge in [-0.3, -0.25) is 4.79 Å². The van der Waals surface area contributed by atoms with Crippen LogP contribution < -0.4 is 5.32 Å². The number of hydrogen-bond donors (Lipinski definition) is 1. The van der Waals surface area contributed by atoms with Crippen LogP contribution in [0.1, 0.15) is 39.3 Å². The van der Waals surface area contributed by atoms with Crippen molar-refractivity contribution in [1.29, 1.82) is 0 Å². The second-order valence-corrected chi connectivity index (χ2v) is 9.95. The fourth-order valence-corrected chi connectivity index (χ4v) is 5.30. The van der Waals surface area contributed by atoms with Crippen molar-refractivity contribution in [1.82, 2.24) is 9.62 Å². The maximum absolute atomic E-state index is 12.6. The van der Waals surface area contributed by atoms with Crippen molar-refractivity contribution in [2.75, 3.05) is 18.8 Å². The molecule has 0 aliphatic heterocycles. The average molecular weight is 435 g/mol. The van der Waals surface area contributed by atoms with E-state index < -0.39 is 10.0 Å². The second-order valence-electron chi connectivity index (χ2n) is 6.91. The fraction of sp³-hybridized carbons (Fsp3) is 0.409. The third-order valence-corrected chi connectivity index (χ3v) is 8.11. The minimum Gasteiger partial charge on any atom is -0.349 e. The first-order chi connectivity index (χ1) is 13.8. The summed E-state index contributed by atoms with van der Waals surface area (Å²) in [5, 5.41) is 3.02. The highest BCUT2D eigenvalue weighted by Crippen LogP contribution is 2.22. The summed E-state index contributed by atoms with van der Waals surface area (Å²) < 4.78 is 26.6. The van der Waals surface area contributed by atoms with E-state index in [1.165, 1.54) is 4.31 Å². The monoisotopic (exact) mass is 434 g/mol. The molecule has 5 nitrogen and oxygen atoms in total. The minimum absolute atomic E-state index is 0.0132. The molecule has 1 N–H and O–H groups in total. The maximum Gasteiger partial charge on any atom is 0.243 e. The molecule has 2 atom stereocenters. The van der Waals surface area contributed by atoms with Gasteiger partial charge in [0, 0.05) is 29.7 Å². The Morgan fingerprint density at radius 2 is 1.59 bits per heavy atom. The van der Waals surface area contributed by atoms with Gasteiger partial charge >= 0.3 is 0 Å². The van der Waals surface area contributed by atoms with Crippen molar-refractivity contribution in [3.63, 3.8) is 0 Å². The standard InChI is InChI=1S/C22H30N2O3S2/c1-5-24(6-2)29(26,27)21-14-12-19(13-15-21)18(4)23-22(25)17(3)16-28-20-10-8-7-9-11-20/h7-15,17-18H,5-6,16H2,1-4H3,(H,23,25). The summed E-state index contributed by atoms with van der Waals surface area (Å²) in [5.41, 5.74) is 0.875. The Balaban J connectivity index is 1.96. The van der Waals surface area contributed by atoms with Crippen LogP contribution in [-0.4, -0.2) is 37.5 Å². The molecule has 158 valence electrons. The number of sulfonamides is 1. The van der Waals surface area contributed by atoms with E-state index in [4.69, 9.17) is 0 Å². The van der Waals surface area contributed by atoms with E-state index in [1.807, 2.05) is 58.0 Å². The van der Waals surface area contributed by atoms with Crippen LogP contribution in [0.15, 0.2) is 64.4 Å². The van der Waals surface area contributed by atoms with Gasteiger partial charge in [-0.1, -0.05) is 51.1 Å². The van der Waals surface area contributed by atoms with Crippen LogP contribution >= 0.6 is 11.8 Å². The molecule has 0 heterocycles. The van der Waals surface area contributed by atoms with E-state index in [0.29, 0.717) is 18.8 Å². The summed E-state index contributed by atoms with van der Waals surface area (Å²) in [5.74, 6) is 0.551. The summed E-state index contributed by atoms with van der Waals surface area (Å²) in [6.45, 7) is 8.34. The summed E-state index contributed by atoms with van der Waals surface area (Å²) in [6.07, 6.45) is 0. The van der Waals surface area contributed by atoms with Gasteiger partial charge in [-0.2, -0.15) is 4.31 Å². The summed E-state index contributed by atoms with van der Waals surface area (Å²) in [6, 6.07) is 16.6. The Kier molecular flexibility index (Phi) is 8.74. The first-order valence-electron chi connectivity index (χ1n) is 9.87. The van der Waals surface area contributed by atoms with Crippen molar-refractivity contribution >= 4 is 27.7 Å². The molecule has 2 rings (SSSR count). The average Bonchev–Trinajstić information content (AvgIpc) is 2.73. The lowest BCUT2D eigenvalue weighted by Crippen LogP contribution is -2.32. The van der Waals surface area contributed by atoms with Crippen LogP contribution in [-0.2, 0) is 14.8 Å². The Labute approximate surface area is 178 Å². The normalized spacial score (nSPS) is 13.8. The third kappa shape index (κ3) is 6.32. The zero-order valence-corrected chi connectivity index (χ0v) is 19.1. The second kappa shape index (κ2) is 10.8. The lowest BCUT2D eigenvalue weighted by Gasteiger charge is -2.20. The zero-order chi connectivity index (χ0) is 21.4. The SMILES string of the molecule is CCN(CC)S(=O)(=O)c1ccc(C(C)NC(=O)C(C)CSc2ccccc2)cc1. The molecule has 0 radical (unpaired) electrons. The van der Waals surface area contributed by atoms with Crippen molar-refractivity contribution in [3.05, 3.63) is 60.2 Å². The van der Waals surface area contributed by atoms with Gasteiger partial charge in [0.15, 0.2) is 0 Å². The van der Waals surface area contributed by atoms with Crippen LogP contribution in [0.4, 0.5) is 0 Å². The smallest absolute Gasteiger partial charge is 0.243 e.